The molecular formula is C22H26ClNO7. The van der Waals surface area contributed by atoms with Gasteiger partial charge in [0.25, 0.3) is 5.91 Å². The SMILES string of the molecule is CO[C@H]1O[C@H](CO)[C@@H](O)[C@H](O)[C@H]1NC(=O)c1cc(Cl)c(OCc2ccccc2)cc1C. The van der Waals surface area contributed by atoms with Gasteiger partial charge in [0.15, 0.2) is 6.29 Å². The predicted octanol–water partition coefficient (Wildman–Crippen LogP) is 1.41. The molecule has 4 N–H and O–H groups in total. The van der Waals surface area contributed by atoms with E-state index in [1.54, 1.807) is 13.0 Å². The van der Waals surface area contributed by atoms with Crippen LogP contribution in [0.15, 0.2) is 42.5 Å². The number of ether oxygens (including phenoxy) is 3. The molecule has 168 valence electrons. The zero-order chi connectivity index (χ0) is 22.5. The largest absolute Gasteiger partial charge is 0.487 e. The van der Waals surface area contributed by atoms with Crippen LogP contribution < -0.4 is 10.1 Å². The van der Waals surface area contributed by atoms with Crippen molar-refractivity contribution in [2.45, 2.75) is 44.2 Å². The monoisotopic (exact) mass is 451 g/mol. The van der Waals surface area contributed by atoms with Crippen molar-refractivity contribution in [2.24, 2.45) is 0 Å². The molecule has 1 fully saturated rings. The Morgan fingerprint density at radius 3 is 2.55 bits per heavy atom. The Kier molecular flexibility index (Phi) is 7.88. The fourth-order valence-electron chi connectivity index (χ4n) is 3.41. The first kappa shape index (κ1) is 23.5. The lowest BCUT2D eigenvalue weighted by molar-refractivity contribution is -0.261. The Labute approximate surface area is 185 Å². The van der Waals surface area contributed by atoms with Crippen molar-refractivity contribution >= 4 is 17.5 Å². The minimum absolute atomic E-state index is 0.260. The predicted molar refractivity (Wildman–Crippen MR) is 113 cm³/mol. The quantitative estimate of drug-likeness (QED) is 0.502. The minimum Gasteiger partial charge on any atom is -0.487 e. The van der Waals surface area contributed by atoms with Crippen LogP contribution in [-0.4, -0.2) is 65.6 Å². The van der Waals surface area contributed by atoms with E-state index >= 15 is 0 Å². The number of nitrogens with one attached hydrogen (secondary N) is 1. The molecule has 0 unspecified atom stereocenters. The van der Waals surface area contributed by atoms with E-state index in [1.807, 2.05) is 30.3 Å². The van der Waals surface area contributed by atoms with Gasteiger partial charge < -0.3 is 34.8 Å². The van der Waals surface area contributed by atoms with E-state index in [4.69, 9.17) is 25.8 Å². The zero-order valence-electron chi connectivity index (χ0n) is 17.2. The van der Waals surface area contributed by atoms with E-state index < -0.39 is 43.2 Å². The van der Waals surface area contributed by atoms with Gasteiger partial charge in [-0.1, -0.05) is 41.9 Å². The molecule has 0 aromatic heterocycles. The Morgan fingerprint density at radius 2 is 1.90 bits per heavy atom. The average Bonchev–Trinajstić information content (AvgIpc) is 2.78. The van der Waals surface area contributed by atoms with Gasteiger partial charge in [-0.15, -0.1) is 0 Å². The number of benzene rings is 2. The summed E-state index contributed by atoms with van der Waals surface area (Å²) in [5.74, 6) is -0.0880. The Balaban J connectivity index is 1.73. The summed E-state index contributed by atoms with van der Waals surface area (Å²) in [7, 11) is 1.34. The van der Waals surface area contributed by atoms with E-state index in [1.165, 1.54) is 13.2 Å². The third-order valence-corrected chi connectivity index (χ3v) is 5.47. The Bertz CT molecular complexity index is 893. The number of carbonyl (C=O) groups is 1. The van der Waals surface area contributed by atoms with Gasteiger partial charge >= 0.3 is 0 Å². The molecule has 0 saturated carbocycles. The highest BCUT2D eigenvalue weighted by Crippen LogP contribution is 2.29. The van der Waals surface area contributed by atoms with E-state index in [9.17, 15) is 20.1 Å². The number of aliphatic hydroxyl groups is 3. The van der Waals surface area contributed by atoms with E-state index in [0.717, 1.165) is 5.56 Å². The second-order valence-corrected chi connectivity index (χ2v) is 7.72. The van der Waals surface area contributed by atoms with Crippen molar-refractivity contribution < 1.29 is 34.3 Å². The number of amides is 1. The van der Waals surface area contributed by atoms with Gasteiger partial charge in [0.05, 0.1) is 11.6 Å². The number of hydrogen-bond donors (Lipinski definition) is 4. The van der Waals surface area contributed by atoms with Crippen LogP contribution in [0.1, 0.15) is 21.5 Å². The highest BCUT2D eigenvalue weighted by Gasteiger charge is 2.45. The molecule has 0 spiro atoms. The normalized spacial score (nSPS) is 25.8. The Hall–Kier alpha value is -2.20. The molecule has 0 radical (unpaired) electrons. The highest BCUT2D eigenvalue weighted by molar-refractivity contribution is 6.32. The van der Waals surface area contributed by atoms with Crippen LogP contribution in [0.2, 0.25) is 5.02 Å². The smallest absolute Gasteiger partial charge is 0.252 e. The molecule has 2 aromatic rings. The molecule has 9 heteroatoms. The molecule has 1 saturated heterocycles. The number of halogens is 1. The maximum Gasteiger partial charge on any atom is 0.252 e. The summed E-state index contributed by atoms with van der Waals surface area (Å²) in [5.41, 5.74) is 1.87. The molecule has 3 rings (SSSR count). The number of rotatable bonds is 7. The van der Waals surface area contributed by atoms with Gasteiger partial charge in [0, 0.05) is 12.7 Å². The maximum absolute atomic E-state index is 12.9. The molecule has 8 nitrogen and oxygen atoms in total. The fraction of sp³-hybridized carbons (Fsp3) is 0.409. The van der Waals surface area contributed by atoms with Gasteiger partial charge in [-0.25, -0.2) is 0 Å². The summed E-state index contributed by atoms with van der Waals surface area (Å²) in [6, 6.07) is 11.7. The number of carbonyl (C=O) groups excluding carboxylic acids is 1. The lowest BCUT2D eigenvalue weighted by atomic mass is 9.96. The molecule has 2 aromatic carbocycles. The number of aliphatic hydroxyl groups excluding tert-OH is 3. The number of methoxy groups -OCH3 is 1. The average molecular weight is 452 g/mol. The van der Waals surface area contributed by atoms with Gasteiger partial charge in [0.2, 0.25) is 0 Å². The number of hydrogen-bond acceptors (Lipinski definition) is 7. The minimum atomic E-state index is -1.40. The first-order valence-corrected chi connectivity index (χ1v) is 10.2. The van der Waals surface area contributed by atoms with Gasteiger partial charge in [-0.2, -0.15) is 0 Å². The summed E-state index contributed by atoms with van der Waals surface area (Å²) < 4.78 is 16.4. The van der Waals surface area contributed by atoms with E-state index in [-0.39, 0.29) is 10.6 Å². The maximum atomic E-state index is 12.9. The lowest BCUT2D eigenvalue weighted by Gasteiger charge is -2.41. The van der Waals surface area contributed by atoms with Crippen LogP contribution in [0, 0.1) is 6.92 Å². The number of aryl methyl sites for hydroxylation is 1. The van der Waals surface area contributed by atoms with Crippen molar-refractivity contribution in [3.8, 4) is 5.75 Å². The van der Waals surface area contributed by atoms with Gasteiger partial charge in [-0.05, 0) is 30.2 Å². The summed E-state index contributed by atoms with van der Waals surface area (Å²) in [4.78, 5) is 12.9. The molecule has 0 bridgehead atoms. The van der Waals surface area contributed by atoms with Crippen LogP contribution in [0.4, 0.5) is 0 Å². The van der Waals surface area contributed by atoms with E-state index in [2.05, 4.69) is 5.32 Å². The van der Waals surface area contributed by atoms with E-state index in [0.29, 0.717) is 17.9 Å². The van der Waals surface area contributed by atoms with Crippen LogP contribution >= 0.6 is 11.6 Å². The van der Waals surface area contributed by atoms with Crippen molar-refractivity contribution in [1.82, 2.24) is 5.32 Å². The highest BCUT2D eigenvalue weighted by atomic mass is 35.5. The second-order valence-electron chi connectivity index (χ2n) is 7.31. The lowest BCUT2D eigenvalue weighted by Crippen LogP contribution is -2.64. The fourth-order valence-corrected chi connectivity index (χ4v) is 3.63. The molecule has 1 aliphatic heterocycles. The first-order chi connectivity index (χ1) is 14.8. The summed E-state index contributed by atoms with van der Waals surface area (Å²) in [5, 5.41) is 32.7. The second kappa shape index (κ2) is 10.4. The van der Waals surface area contributed by atoms with Crippen LogP contribution in [0.3, 0.4) is 0 Å². The third kappa shape index (κ3) is 5.35. The molecular weight excluding hydrogens is 426 g/mol. The molecule has 5 atom stereocenters. The summed E-state index contributed by atoms with van der Waals surface area (Å²) in [6.07, 6.45) is -4.86. The van der Waals surface area contributed by atoms with Crippen molar-refractivity contribution in [2.75, 3.05) is 13.7 Å². The van der Waals surface area contributed by atoms with Crippen LogP contribution in [0.5, 0.6) is 5.75 Å². The third-order valence-electron chi connectivity index (χ3n) is 5.17. The summed E-state index contributed by atoms with van der Waals surface area (Å²) >= 11 is 6.33. The van der Waals surface area contributed by atoms with Crippen molar-refractivity contribution in [3.63, 3.8) is 0 Å². The zero-order valence-corrected chi connectivity index (χ0v) is 18.0. The van der Waals surface area contributed by atoms with Crippen LogP contribution in [-0.2, 0) is 16.1 Å². The van der Waals surface area contributed by atoms with Crippen molar-refractivity contribution in [1.29, 1.82) is 0 Å². The van der Waals surface area contributed by atoms with Crippen LogP contribution in [0.25, 0.3) is 0 Å². The molecule has 1 aliphatic rings. The topological polar surface area (TPSA) is 117 Å². The van der Waals surface area contributed by atoms with Crippen molar-refractivity contribution in [3.05, 3.63) is 64.2 Å². The molecule has 31 heavy (non-hydrogen) atoms. The Morgan fingerprint density at radius 1 is 1.19 bits per heavy atom. The molecule has 1 heterocycles. The standard InChI is InChI=1S/C22H26ClNO7/c1-12-8-16(30-11-13-6-4-3-5-7-13)15(23)9-14(12)21(28)24-18-20(27)19(26)17(10-25)31-22(18)29-2/h3-9,17-20,22,25-27H,10-11H2,1-2H3,(H,24,28)/t17-,18-,19-,20-,22+/m1/s1. The molecule has 0 aliphatic carbocycles. The molecule has 1 amide bonds. The van der Waals surface area contributed by atoms with Gasteiger partial charge in [0.1, 0.15) is 36.7 Å². The summed E-state index contributed by atoms with van der Waals surface area (Å²) in [6.45, 7) is 1.56. The van der Waals surface area contributed by atoms with Gasteiger partial charge in [-0.3, -0.25) is 4.79 Å². The first-order valence-electron chi connectivity index (χ1n) is 9.78.